The van der Waals surface area contributed by atoms with Gasteiger partial charge in [-0.25, -0.2) is 4.98 Å². The van der Waals surface area contributed by atoms with Gasteiger partial charge in [0.1, 0.15) is 0 Å². The van der Waals surface area contributed by atoms with E-state index in [4.69, 9.17) is 14.5 Å². The van der Waals surface area contributed by atoms with Crippen LogP contribution in [0.25, 0.3) is 0 Å². The second-order valence-corrected chi connectivity index (χ2v) is 7.06. The number of rotatable bonds is 7. The van der Waals surface area contributed by atoms with Crippen LogP contribution in [-0.4, -0.2) is 56.5 Å². The Morgan fingerprint density at radius 2 is 2.22 bits per heavy atom. The molecule has 0 atom stereocenters. The first kappa shape index (κ1) is 18.2. The molecule has 1 fully saturated rings. The van der Waals surface area contributed by atoms with Gasteiger partial charge in [0.15, 0.2) is 5.96 Å². The van der Waals surface area contributed by atoms with E-state index in [-0.39, 0.29) is 5.60 Å². The normalized spacial score (nSPS) is 18.0. The van der Waals surface area contributed by atoms with Crippen molar-refractivity contribution in [3.8, 4) is 0 Å². The lowest BCUT2D eigenvalue weighted by atomic mass is 9.94. The number of aromatic nitrogens is 1. The van der Waals surface area contributed by atoms with Gasteiger partial charge in [0.05, 0.1) is 17.2 Å². The number of thiazole rings is 1. The van der Waals surface area contributed by atoms with E-state index < -0.39 is 0 Å². The summed E-state index contributed by atoms with van der Waals surface area (Å²) in [7, 11) is 1.77. The maximum atomic E-state index is 5.73. The van der Waals surface area contributed by atoms with Crippen LogP contribution < -0.4 is 10.6 Å². The maximum Gasteiger partial charge on any atom is 0.191 e. The molecule has 1 aromatic heterocycles. The van der Waals surface area contributed by atoms with Gasteiger partial charge in [-0.2, -0.15) is 0 Å². The van der Waals surface area contributed by atoms with E-state index in [0.717, 1.165) is 56.5 Å². The van der Waals surface area contributed by atoms with Gasteiger partial charge in [0, 0.05) is 63.7 Å². The van der Waals surface area contributed by atoms with E-state index in [0.29, 0.717) is 6.54 Å². The zero-order valence-corrected chi connectivity index (χ0v) is 15.2. The van der Waals surface area contributed by atoms with Gasteiger partial charge in [0.2, 0.25) is 0 Å². The summed E-state index contributed by atoms with van der Waals surface area (Å²) in [5.41, 5.74) is -0.187. The molecule has 0 saturated carbocycles. The van der Waals surface area contributed by atoms with Crippen LogP contribution in [0.4, 0.5) is 0 Å². The molecule has 0 radical (unpaired) electrons. The Hall–Kier alpha value is -1.18. The van der Waals surface area contributed by atoms with Crippen molar-refractivity contribution in [2.24, 2.45) is 4.99 Å². The Kier molecular flexibility index (Phi) is 7.26. The van der Waals surface area contributed by atoms with Crippen LogP contribution in [0, 0.1) is 6.92 Å². The zero-order valence-electron chi connectivity index (χ0n) is 14.4. The van der Waals surface area contributed by atoms with E-state index in [1.54, 1.807) is 18.4 Å². The molecule has 1 aliphatic rings. The highest BCUT2D eigenvalue weighted by Gasteiger charge is 2.32. The molecule has 2 heterocycles. The van der Waals surface area contributed by atoms with Crippen molar-refractivity contribution < 1.29 is 9.47 Å². The average molecular weight is 340 g/mol. The molecule has 2 rings (SSSR count). The molecule has 1 aromatic rings. The molecule has 0 amide bonds. The fraction of sp³-hybridized carbons (Fsp3) is 0.750. The first-order valence-electron chi connectivity index (χ1n) is 8.24. The largest absolute Gasteiger partial charge is 0.381 e. The number of hydrogen-bond acceptors (Lipinski definition) is 5. The molecule has 1 aliphatic heterocycles. The first-order valence-corrected chi connectivity index (χ1v) is 9.05. The summed E-state index contributed by atoms with van der Waals surface area (Å²) >= 11 is 1.75. The second kappa shape index (κ2) is 9.20. The van der Waals surface area contributed by atoms with Crippen LogP contribution in [0.3, 0.4) is 0 Å². The average Bonchev–Trinajstić information content (AvgIpc) is 2.99. The van der Waals surface area contributed by atoms with Crippen molar-refractivity contribution in [2.75, 3.05) is 40.0 Å². The maximum absolute atomic E-state index is 5.73. The Labute approximate surface area is 142 Å². The molecule has 0 aromatic carbocycles. The van der Waals surface area contributed by atoms with Crippen molar-refractivity contribution in [3.05, 3.63) is 16.1 Å². The molecule has 0 bridgehead atoms. The van der Waals surface area contributed by atoms with Gasteiger partial charge in [-0.15, -0.1) is 11.3 Å². The van der Waals surface area contributed by atoms with E-state index >= 15 is 0 Å². The number of nitrogens with zero attached hydrogens (tertiary/aromatic N) is 2. The van der Waals surface area contributed by atoms with Gasteiger partial charge in [-0.05, 0) is 13.8 Å². The molecular weight excluding hydrogens is 312 g/mol. The molecule has 2 N–H and O–H groups in total. The summed E-state index contributed by atoms with van der Waals surface area (Å²) in [6.07, 6.45) is 4.62. The van der Waals surface area contributed by atoms with Crippen LogP contribution in [0.5, 0.6) is 0 Å². The number of hydrogen-bond donors (Lipinski definition) is 2. The Balaban J connectivity index is 1.85. The monoisotopic (exact) mass is 340 g/mol. The number of aliphatic imine (C=N–C) groups is 1. The van der Waals surface area contributed by atoms with Crippen molar-refractivity contribution in [3.63, 3.8) is 0 Å². The summed E-state index contributed by atoms with van der Waals surface area (Å²) in [5, 5.41) is 7.82. The van der Waals surface area contributed by atoms with Crippen LogP contribution >= 0.6 is 11.3 Å². The molecule has 6 nitrogen and oxygen atoms in total. The van der Waals surface area contributed by atoms with Crippen molar-refractivity contribution in [1.82, 2.24) is 15.6 Å². The van der Waals surface area contributed by atoms with Gasteiger partial charge in [-0.1, -0.05) is 0 Å². The first-order chi connectivity index (χ1) is 11.2. The van der Waals surface area contributed by atoms with Crippen LogP contribution in [0.1, 0.15) is 29.7 Å². The lowest BCUT2D eigenvalue weighted by molar-refractivity contribution is -0.0828. The minimum atomic E-state index is -0.187. The summed E-state index contributed by atoms with van der Waals surface area (Å²) in [4.78, 5) is 10.4. The third-order valence-corrected chi connectivity index (χ3v) is 4.98. The van der Waals surface area contributed by atoms with Crippen LogP contribution in [0.15, 0.2) is 11.2 Å². The number of nitrogens with one attached hydrogen (secondary N) is 2. The molecule has 0 aliphatic carbocycles. The minimum Gasteiger partial charge on any atom is -0.381 e. The Morgan fingerprint density at radius 1 is 1.43 bits per heavy atom. The number of ether oxygens (including phenoxy) is 2. The van der Waals surface area contributed by atoms with Gasteiger partial charge < -0.3 is 20.1 Å². The highest BCUT2D eigenvalue weighted by atomic mass is 32.1. The number of aryl methyl sites for hydroxylation is 1. The highest BCUT2D eigenvalue weighted by molar-refractivity contribution is 7.11. The van der Waals surface area contributed by atoms with E-state index in [1.807, 2.05) is 6.20 Å². The fourth-order valence-electron chi connectivity index (χ4n) is 2.54. The van der Waals surface area contributed by atoms with Crippen LogP contribution in [-0.2, 0) is 15.9 Å². The van der Waals surface area contributed by atoms with E-state index in [9.17, 15) is 0 Å². The standard InChI is InChI=1S/C16H28N4O2S/c1-4-17-15(18-8-5-14-19-11-13(2)23-14)20-12-16(21-3)6-9-22-10-7-16/h11H,4-10,12H2,1-3H3,(H2,17,18,20). The SMILES string of the molecule is CCNC(=NCC1(OC)CCOCC1)NCCc1ncc(C)s1. The fourth-order valence-corrected chi connectivity index (χ4v) is 3.33. The Morgan fingerprint density at radius 3 is 2.83 bits per heavy atom. The third-order valence-electron chi connectivity index (χ3n) is 4.01. The van der Waals surface area contributed by atoms with Crippen molar-refractivity contribution >= 4 is 17.3 Å². The quantitative estimate of drug-likeness (QED) is 0.585. The van der Waals surface area contributed by atoms with Gasteiger partial charge >= 0.3 is 0 Å². The molecular formula is C16H28N4O2S. The smallest absolute Gasteiger partial charge is 0.191 e. The predicted molar refractivity (Wildman–Crippen MR) is 94.3 cm³/mol. The summed E-state index contributed by atoms with van der Waals surface area (Å²) < 4.78 is 11.2. The molecule has 7 heteroatoms. The molecule has 0 spiro atoms. The third kappa shape index (κ3) is 5.75. The minimum absolute atomic E-state index is 0.187. The molecule has 1 saturated heterocycles. The van der Waals surface area contributed by atoms with E-state index in [1.165, 1.54) is 4.88 Å². The molecule has 23 heavy (non-hydrogen) atoms. The lowest BCUT2D eigenvalue weighted by Gasteiger charge is -2.34. The topological polar surface area (TPSA) is 67.8 Å². The second-order valence-electron chi connectivity index (χ2n) is 5.74. The van der Waals surface area contributed by atoms with Crippen molar-refractivity contribution in [2.45, 2.75) is 38.7 Å². The molecule has 130 valence electrons. The lowest BCUT2D eigenvalue weighted by Crippen LogP contribution is -2.44. The van der Waals surface area contributed by atoms with Gasteiger partial charge in [0.25, 0.3) is 0 Å². The van der Waals surface area contributed by atoms with Crippen LogP contribution in [0.2, 0.25) is 0 Å². The Bertz CT molecular complexity index is 498. The predicted octanol–water partition coefficient (Wildman–Crippen LogP) is 1.74. The summed E-state index contributed by atoms with van der Waals surface area (Å²) in [5.74, 6) is 0.837. The highest BCUT2D eigenvalue weighted by Crippen LogP contribution is 2.24. The van der Waals surface area contributed by atoms with Gasteiger partial charge in [-0.3, -0.25) is 4.99 Å². The number of methoxy groups -OCH3 is 1. The zero-order chi connectivity index (χ0) is 16.5. The summed E-state index contributed by atoms with van der Waals surface area (Å²) in [6.45, 7) is 7.96. The van der Waals surface area contributed by atoms with Crippen molar-refractivity contribution in [1.29, 1.82) is 0 Å². The molecule has 0 unspecified atom stereocenters. The van der Waals surface area contributed by atoms with E-state index in [2.05, 4.69) is 29.5 Å². The number of guanidine groups is 1. The summed E-state index contributed by atoms with van der Waals surface area (Å²) in [6, 6.07) is 0.